The van der Waals surface area contributed by atoms with Crippen LogP contribution in [-0.2, 0) is 9.53 Å². The van der Waals surface area contributed by atoms with Gasteiger partial charge in [0.05, 0.1) is 58.7 Å². The smallest absolute Gasteiger partial charge is 0.338 e. The van der Waals surface area contributed by atoms with Crippen LogP contribution in [0.2, 0.25) is 0 Å². The van der Waals surface area contributed by atoms with E-state index in [1.807, 2.05) is 0 Å². The predicted molar refractivity (Wildman–Crippen MR) is 155 cm³/mol. The molecule has 4 aromatic rings. The fourth-order valence-corrected chi connectivity index (χ4v) is 5.69. The average Bonchev–Trinajstić information content (AvgIpc) is 3.55. The largest absolute Gasteiger partial charge is 0.497 e. The van der Waals surface area contributed by atoms with Gasteiger partial charge >= 0.3 is 5.97 Å². The van der Waals surface area contributed by atoms with Gasteiger partial charge in [0.15, 0.2) is 4.80 Å². The summed E-state index contributed by atoms with van der Waals surface area (Å²) in [5.41, 5.74) is 1.49. The van der Waals surface area contributed by atoms with Gasteiger partial charge in [0.25, 0.3) is 11.2 Å². The zero-order valence-electron chi connectivity index (χ0n) is 23.4. The van der Waals surface area contributed by atoms with Crippen molar-refractivity contribution in [3.63, 3.8) is 0 Å². The van der Waals surface area contributed by atoms with Crippen LogP contribution in [0.15, 0.2) is 80.1 Å². The van der Waals surface area contributed by atoms with E-state index in [-0.39, 0.29) is 28.7 Å². The Morgan fingerprint density at radius 1 is 1.12 bits per heavy atom. The predicted octanol–water partition coefficient (Wildman–Crippen LogP) is 4.37. The molecule has 2 aromatic heterocycles. The normalized spacial score (nSPS) is 14.9. The number of allylic oxidation sites excluding steroid dienone is 1. The quantitative estimate of drug-likeness (QED) is 0.168. The Kier molecular flexibility index (Phi) is 7.81. The number of fused-ring (bicyclic) bond motifs is 1. The van der Waals surface area contributed by atoms with E-state index < -0.39 is 16.9 Å². The summed E-state index contributed by atoms with van der Waals surface area (Å²) in [6.07, 6.45) is 1.24. The van der Waals surface area contributed by atoms with Crippen LogP contribution >= 0.6 is 11.3 Å². The number of methoxy groups -OCH3 is 2. The second-order valence-corrected chi connectivity index (χ2v) is 10.7. The fourth-order valence-electron chi connectivity index (χ4n) is 4.66. The maximum Gasteiger partial charge on any atom is 0.338 e. The van der Waals surface area contributed by atoms with E-state index in [1.165, 1.54) is 35.1 Å². The number of nitro benzene ring substituents is 1. The standard InChI is InChI=1S/C30H27N3O8S/c1-16(2)40-29(35)26-17(3)31-30-32(27(26)18-6-9-20(38-4)10-7-18)28(34)25(42-30)15-21-11-13-23(41-21)22-12-8-19(33(36)37)14-24(22)39-5/h6-16,27H,1-5H3/b25-15-. The third-order valence-corrected chi connectivity index (χ3v) is 7.56. The number of carbonyl (C=O) groups excluding carboxylic acids is 1. The maximum atomic E-state index is 13.9. The Morgan fingerprint density at radius 3 is 2.50 bits per heavy atom. The van der Waals surface area contributed by atoms with Gasteiger partial charge in [-0.3, -0.25) is 19.5 Å². The fraction of sp³-hybridized carbons (Fsp3) is 0.233. The number of hydrogen-bond donors (Lipinski definition) is 0. The Morgan fingerprint density at radius 2 is 1.86 bits per heavy atom. The van der Waals surface area contributed by atoms with Crippen LogP contribution in [0, 0.1) is 10.1 Å². The molecule has 1 aliphatic rings. The van der Waals surface area contributed by atoms with Gasteiger partial charge in [-0.25, -0.2) is 9.79 Å². The van der Waals surface area contributed by atoms with Crippen molar-refractivity contribution in [2.45, 2.75) is 32.9 Å². The van der Waals surface area contributed by atoms with Gasteiger partial charge in [0, 0.05) is 12.1 Å². The van der Waals surface area contributed by atoms with Crippen LogP contribution in [-0.4, -0.2) is 35.8 Å². The number of nitrogens with zero attached hydrogens (tertiary/aromatic N) is 3. The molecule has 2 aromatic carbocycles. The van der Waals surface area contributed by atoms with Gasteiger partial charge in [0.1, 0.15) is 23.0 Å². The molecule has 5 rings (SSSR count). The molecule has 0 bridgehead atoms. The van der Waals surface area contributed by atoms with Crippen molar-refractivity contribution in [2.75, 3.05) is 14.2 Å². The third kappa shape index (κ3) is 5.36. The van der Waals surface area contributed by atoms with E-state index >= 15 is 0 Å². The monoisotopic (exact) mass is 589 g/mol. The van der Waals surface area contributed by atoms with E-state index in [0.717, 1.165) is 0 Å². The number of carbonyl (C=O) groups is 1. The zero-order valence-corrected chi connectivity index (χ0v) is 24.3. The van der Waals surface area contributed by atoms with Crippen LogP contribution < -0.4 is 24.4 Å². The van der Waals surface area contributed by atoms with Crippen molar-refractivity contribution in [3.05, 3.63) is 107 Å². The van der Waals surface area contributed by atoms with E-state index in [9.17, 15) is 19.7 Å². The number of hydrogen-bond acceptors (Lipinski definition) is 10. The first-order chi connectivity index (χ1) is 20.1. The Bertz CT molecular complexity index is 1900. The van der Waals surface area contributed by atoms with Gasteiger partial charge < -0.3 is 18.6 Å². The molecular formula is C30H27N3O8S. The second kappa shape index (κ2) is 11.5. The third-order valence-electron chi connectivity index (χ3n) is 6.58. The van der Waals surface area contributed by atoms with E-state index in [0.29, 0.717) is 43.4 Å². The first-order valence-corrected chi connectivity index (χ1v) is 13.7. The molecule has 0 spiro atoms. The van der Waals surface area contributed by atoms with Crippen molar-refractivity contribution < 1.29 is 28.3 Å². The lowest BCUT2D eigenvalue weighted by Crippen LogP contribution is -2.40. The average molecular weight is 590 g/mol. The Hall–Kier alpha value is -4.97. The van der Waals surface area contributed by atoms with E-state index in [1.54, 1.807) is 76.4 Å². The molecule has 11 nitrogen and oxygen atoms in total. The molecule has 1 aliphatic heterocycles. The van der Waals surface area contributed by atoms with Crippen LogP contribution in [0.5, 0.6) is 11.5 Å². The molecule has 0 fully saturated rings. The van der Waals surface area contributed by atoms with Crippen LogP contribution in [0.25, 0.3) is 17.4 Å². The summed E-state index contributed by atoms with van der Waals surface area (Å²) in [7, 11) is 2.98. The Labute approximate surface area is 243 Å². The highest BCUT2D eigenvalue weighted by atomic mass is 32.1. The molecule has 1 atom stereocenters. The molecule has 0 aliphatic carbocycles. The lowest BCUT2D eigenvalue weighted by atomic mass is 9.96. The highest BCUT2D eigenvalue weighted by Crippen LogP contribution is 2.35. The highest BCUT2D eigenvalue weighted by molar-refractivity contribution is 7.07. The minimum atomic E-state index is -0.767. The number of esters is 1. The summed E-state index contributed by atoms with van der Waals surface area (Å²) in [5.74, 6) is 1.16. The van der Waals surface area contributed by atoms with Crippen LogP contribution in [0.3, 0.4) is 0 Å². The summed E-state index contributed by atoms with van der Waals surface area (Å²) in [6.45, 7) is 5.24. The molecule has 216 valence electrons. The van der Waals surface area contributed by atoms with Gasteiger partial charge in [-0.05, 0) is 56.7 Å². The van der Waals surface area contributed by atoms with E-state index in [2.05, 4.69) is 4.99 Å². The van der Waals surface area contributed by atoms with Gasteiger partial charge in [-0.1, -0.05) is 23.5 Å². The maximum absolute atomic E-state index is 13.9. The number of thiazole rings is 1. The SMILES string of the molecule is COc1ccc(C2C(C(=O)OC(C)C)=C(C)N=c3s/c(=C\c4ccc(-c5ccc([N+](=O)[O-])cc5OC)o4)c(=O)n32)cc1. The summed E-state index contributed by atoms with van der Waals surface area (Å²) in [5, 5.41) is 11.2. The Balaban J connectivity index is 1.61. The molecule has 0 radical (unpaired) electrons. The van der Waals surface area contributed by atoms with Gasteiger partial charge in [-0.2, -0.15) is 0 Å². The molecule has 0 saturated heterocycles. The molecule has 0 N–H and O–H groups in total. The van der Waals surface area contributed by atoms with Crippen molar-refractivity contribution in [1.29, 1.82) is 0 Å². The molecule has 0 saturated carbocycles. The number of furan rings is 1. The summed E-state index contributed by atoms with van der Waals surface area (Å²) >= 11 is 1.17. The number of aromatic nitrogens is 1. The minimum Gasteiger partial charge on any atom is -0.497 e. The highest BCUT2D eigenvalue weighted by Gasteiger charge is 2.34. The zero-order chi connectivity index (χ0) is 30.1. The summed E-state index contributed by atoms with van der Waals surface area (Å²) < 4.78 is 24.0. The van der Waals surface area contributed by atoms with Crippen molar-refractivity contribution in [1.82, 2.24) is 4.57 Å². The first-order valence-electron chi connectivity index (χ1n) is 12.9. The van der Waals surface area contributed by atoms with Crippen molar-refractivity contribution >= 4 is 29.1 Å². The lowest BCUT2D eigenvalue weighted by molar-refractivity contribution is -0.384. The number of ether oxygens (including phenoxy) is 3. The van der Waals surface area contributed by atoms with Gasteiger partial charge in [0.2, 0.25) is 0 Å². The van der Waals surface area contributed by atoms with Crippen LogP contribution in [0.4, 0.5) is 5.69 Å². The molecule has 1 unspecified atom stereocenters. The number of nitro groups is 1. The molecule has 12 heteroatoms. The summed E-state index contributed by atoms with van der Waals surface area (Å²) in [6, 6.07) is 14.0. The minimum absolute atomic E-state index is 0.109. The number of rotatable bonds is 8. The molecule has 42 heavy (non-hydrogen) atoms. The second-order valence-electron chi connectivity index (χ2n) is 9.65. The first kappa shape index (κ1) is 28.6. The molecule has 0 amide bonds. The van der Waals surface area contributed by atoms with E-state index in [4.69, 9.17) is 18.6 Å². The van der Waals surface area contributed by atoms with Crippen molar-refractivity contribution in [3.8, 4) is 22.8 Å². The molecule has 3 heterocycles. The molecular weight excluding hydrogens is 562 g/mol. The number of non-ortho nitro benzene ring substituents is 1. The summed E-state index contributed by atoms with van der Waals surface area (Å²) in [4.78, 5) is 42.8. The van der Waals surface area contributed by atoms with Gasteiger partial charge in [-0.15, -0.1) is 0 Å². The lowest BCUT2D eigenvalue weighted by Gasteiger charge is -2.25. The topological polar surface area (TPSA) is 135 Å². The number of benzene rings is 2. The van der Waals surface area contributed by atoms with Crippen LogP contribution in [0.1, 0.15) is 38.1 Å². The van der Waals surface area contributed by atoms with Crippen molar-refractivity contribution in [2.24, 2.45) is 4.99 Å².